The summed E-state index contributed by atoms with van der Waals surface area (Å²) in [6, 6.07) is 1.02. The number of hydrogen-bond donors (Lipinski definition) is 1. The Morgan fingerprint density at radius 1 is 1.47 bits per heavy atom. The summed E-state index contributed by atoms with van der Waals surface area (Å²) in [6.07, 6.45) is 3.73. The van der Waals surface area contributed by atoms with Crippen molar-refractivity contribution in [2.24, 2.45) is 0 Å². The first kappa shape index (κ1) is 12.9. The Bertz CT molecular complexity index is 175. The minimum absolute atomic E-state index is 0.357. The van der Waals surface area contributed by atoms with Crippen molar-refractivity contribution in [3.05, 3.63) is 0 Å². The number of halogens is 1. The normalized spacial score (nSPS) is 28.6. The fourth-order valence-electron chi connectivity index (χ4n) is 2.48. The topological polar surface area (TPSA) is 15.3 Å². The van der Waals surface area contributed by atoms with Gasteiger partial charge in [0, 0.05) is 25.2 Å². The van der Waals surface area contributed by atoms with Gasteiger partial charge in [0.25, 0.3) is 0 Å². The Balaban J connectivity index is 2.29. The number of nitrogens with one attached hydrogen (secondary N) is 1. The van der Waals surface area contributed by atoms with Crippen LogP contribution < -0.4 is 5.32 Å². The van der Waals surface area contributed by atoms with Crippen molar-refractivity contribution in [3.8, 4) is 0 Å². The molecule has 1 N–H and O–H groups in total. The molecule has 0 bridgehead atoms. The monoisotopic (exact) mass is 216 g/mol. The maximum absolute atomic E-state index is 13.0. The van der Waals surface area contributed by atoms with E-state index >= 15 is 0 Å². The zero-order valence-electron chi connectivity index (χ0n) is 10.3. The summed E-state index contributed by atoms with van der Waals surface area (Å²) in [5, 5.41) is 3.24. The third-order valence-electron chi connectivity index (χ3n) is 3.39. The molecule has 1 aliphatic rings. The Kier molecular flexibility index (Phi) is 5.54. The van der Waals surface area contributed by atoms with Crippen molar-refractivity contribution in [3.63, 3.8) is 0 Å². The third kappa shape index (κ3) is 4.07. The number of alkyl halides is 1. The van der Waals surface area contributed by atoms with Crippen LogP contribution in [0.15, 0.2) is 0 Å². The highest BCUT2D eigenvalue weighted by atomic mass is 19.1. The van der Waals surface area contributed by atoms with Gasteiger partial charge in [0.05, 0.1) is 0 Å². The molecule has 15 heavy (non-hydrogen) atoms. The van der Waals surface area contributed by atoms with E-state index in [4.69, 9.17) is 0 Å². The van der Waals surface area contributed by atoms with E-state index in [1.165, 1.54) is 19.3 Å². The summed E-state index contributed by atoms with van der Waals surface area (Å²) < 4.78 is 13.0. The smallest absolute Gasteiger partial charge is 0.114 e. The third-order valence-corrected chi connectivity index (χ3v) is 3.39. The molecule has 3 atom stereocenters. The summed E-state index contributed by atoms with van der Waals surface area (Å²) in [5.74, 6) is 0. The van der Waals surface area contributed by atoms with Gasteiger partial charge in [-0.25, -0.2) is 4.39 Å². The summed E-state index contributed by atoms with van der Waals surface area (Å²) in [5.41, 5.74) is 0. The SMILES string of the molecule is CCCC(CC)N(C)CC1CC(F)CN1. The molecule has 1 fully saturated rings. The molecule has 1 saturated heterocycles. The molecule has 0 radical (unpaired) electrons. The van der Waals surface area contributed by atoms with Crippen LogP contribution in [0.25, 0.3) is 0 Å². The van der Waals surface area contributed by atoms with Crippen LogP contribution in [0, 0.1) is 0 Å². The average molecular weight is 216 g/mol. The minimum Gasteiger partial charge on any atom is -0.310 e. The Morgan fingerprint density at radius 2 is 2.20 bits per heavy atom. The molecule has 0 amide bonds. The fraction of sp³-hybridized carbons (Fsp3) is 1.00. The van der Waals surface area contributed by atoms with Gasteiger partial charge in [0.15, 0.2) is 0 Å². The molecule has 3 unspecified atom stereocenters. The van der Waals surface area contributed by atoms with E-state index in [-0.39, 0.29) is 0 Å². The van der Waals surface area contributed by atoms with Gasteiger partial charge in [-0.05, 0) is 26.3 Å². The van der Waals surface area contributed by atoms with Crippen LogP contribution in [0.5, 0.6) is 0 Å². The first-order valence-electron chi connectivity index (χ1n) is 6.25. The van der Waals surface area contributed by atoms with Gasteiger partial charge in [-0.15, -0.1) is 0 Å². The van der Waals surface area contributed by atoms with E-state index in [1.807, 2.05) is 0 Å². The highest BCUT2D eigenvalue weighted by Gasteiger charge is 2.25. The van der Waals surface area contributed by atoms with Crippen LogP contribution in [0.4, 0.5) is 4.39 Å². The van der Waals surface area contributed by atoms with E-state index in [0.717, 1.165) is 6.54 Å². The van der Waals surface area contributed by atoms with Crippen molar-refractivity contribution in [1.82, 2.24) is 10.2 Å². The van der Waals surface area contributed by atoms with Crippen molar-refractivity contribution >= 4 is 0 Å². The zero-order valence-corrected chi connectivity index (χ0v) is 10.3. The number of rotatable bonds is 6. The van der Waals surface area contributed by atoms with Crippen LogP contribution in [0.1, 0.15) is 39.5 Å². The number of nitrogens with zero attached hydrogens (tertiary/aromatic N) is 1. The highest BCUT2D eigenvalue weighted by Crippen LogP contribution is 2.14. The lowest BCUT2D eigenvalue weighted by Gasteiger charge is -2.29. The van der Waals surface area contributed by atoms with Crippen molar-refractivity contribution in [1.29, 1.82) is 0 Å². The Hall–Kier alpha value is -0.150. The molecule has 0 aromatic rings. The quantitative estimate of drug-likeness (QED) is 0.732. The Labute approximate surface area is 93.2 Å². The van der Waals surface area contributed by atoms with Gasteiger partial charge in [-0.2, -0.15) is 0 Å². The van der Waals surface area contributed by atoms with E-state index < -0.39 is 6.17 Å². The van der Waals surface area contributed by atoms with Crippen LogP contribution in [0.2, 0.25) is 0 Å². The van der Waals surface area contributed by atoms with Crippen molar-refractivity contribution in [2.75, 3.05) is 20.1 Å². The van der Waals surface area contributed by atoms with Gasteiger partial charge < -0.3 is 10.2 Å². The lowest BCUT2D eigenvalue weighted by atomic mass is 10.1. The molecule has 2 nitrogen and oxygen atoms in total. The van der Waals surface area contributed by atoms with Gasteiger partial charge in [0.1, 0.15) is 6.17 Å². The highest BCUT2D eigenvalue weighted by molar-refractivity contribution is 4.84. The molecule has 90 valence electrons. The van der Waals surface area contributed by atoms with Gasteiger partial charge in [-0.3, -0.25) is 0 Å². The predicted molar refractivity (Wildman–Crippen MR) is 62.9 cm³/mol. The zero-order chi connectivity index (χ0) is 11.3. The molecular weight excluding hydrogens is 191 g/mol. The molecule has 1 aliphatic heterocycles. The first-order chi connectivity index (χ1) is 7.17. The predicted octanol–water partition coefficient (Wildman–Crippen LogP) is 2.20. The summed E-state index contributed by atoms with van der Waals surface area (Å²) in [4.78, 5) is 2.39. The van der Waals surface area contributed by atoms with E-state index in [1.54, 1.807) is 0 Å². The van der Waals surface area contributed by atoms with E-state index in [9.17, 15) is 4.39 Å². The number of hydrogen-bond acceptors (Lipinski definition) is 2. The Morgan fingerprint density at radius 3 is 2.67 bits per heavy atom. The molecule has 0 aliphatic carbocycles. The lowest BCUT2D eigenvalue weighted by molar-refractivity contribution is 0.203. The number of likely N-dealkylation sites (N-methyl/N-ethyl adjacent to an activating group) is 1. The second-order valence-electron chi connectivity index (χ2n) is 4.73. The standard InChI is InChI=1S/C12H25FN2/c1-4-6-12(5-2)15(3)9-11-7-10(13)8-14-11/h10-12,14H,4-9H2,1-3H3. The average Bonchev–Trinajstić information content (AvgIpc) is 2.60. The fourth-order valence-corrected chi connectivity index (χ4v) is 2.48. The van der Waals surface area contributed by atoms with Crippen LogP contribution in [-0.4, -0.2) is 43.3 Å². The molecule has 1 rings (SSSR count). The molecule has 0 aromatic heterocycles. The van der Waals surface area contributed by atoms with Gasteiger partial charge >= 0.3 is 0 Å². The second-order valence-corrected chi connectivity index (χ2v) is 4.73. The van der Waals surface area contributed by atoms with Gasteiger partial charge in [-0.1, -0.05) is 20.3 Å². The molecule has 0 aromatic carbocycles. The molecular formula is C12H25FN2. The minimum atomic E-state index is -0.630. The molecule has 3 heteroatoms. The summed E-state index contributed by atoms with van der Waals surface area (Å²) >= 11 is 0. The maximum atomic E-state index is 13.0. The van der Waals surface area contributed by atoms with Crippen LogP contribution >= 0.6 is 0 Å². The van der Waals surface area contributed by atoms with E-state index in [0.29, 0.717) is 25.0 Å². The maximum Gasteiger partial charge on any atom is 0.114 e. The molecule has 1 heterocycles. The van der Waals surface area contributed by atoms with Gasteiger partial charge in [0.2, 0.25) is 0 Å². The van der Waals surface area contributed by atoms with Crippen molar-refractivity contribution < 1.29 is 4.39 Å². The molecule has 0 spiro atoms. The van der Waals surface area contributed by atoms with Crippen LogP contribution in [0.3, 0.4) is 0 Å². The molecule has 0 saturated carbocycles. The van der Waals surface area contributed by atoms with Crippen LogP contribution in [-0.2, 0) is 0 Å². The lowest BCUT2D eigenvalue weighted by Crippen LogP contribution is -2.40. The van der Waals surface area contributed by atoms with Crippen molar-refractivity contribution in [2.45, 2.75) is 57.8 Å². The largest absolute Gasteiger partial charge is 0.310 e. The van der Waals surface area contributed by atoms with E-state index in [2.05, 4.69) is 31.1 Å². The summed E-state index contributed by atoms with van der Waals surface area (Å²) in [6.45, 7) is 5.99. The first-order valence-corrected chi connectivity index (χ1v) is 6.25. The second kappa shape index (κ2) is 6.44. The summed E-state index contributed by atoms with van der Waals surface area (Å²) in [7, 11) is 2.16.